The van der Waals surface area contributed by atoms with Crippen LogP contribution in [-0.4, -0.2) is 65.4 Å². The molecule has 2 aliphatic heterocycles. The Labute approximate surface area is 180 Å². The van der Waals surface area contributed by atoms with Gasteiger partial charge in [0.1, 0.15) is 52.1 Å². The number of halogens is 1. The number of nitrogens with zero attached hydrogens (tertiary/aromatic N) is 3. The van der Waals surface area contributed by atoms with E-state index in [1.54, 1.807) is 10.8 Å². The number of rotatable bonds is 2. The van der Waals surface area contributed by atoms with Gasteiger partial charge in [-0.2, -0.15) is 0 Å². The molecule has 2 aromatic heterocycles. The van der Waals surface area contributed by atoms with Crippen LogP contribution in [0.25, 0.3) is 11.0 Å². The molecule has 154 valence electrons. The number of aromatic nitrogens is 3. The van der Waals surface area contributed by atoms with Gasteiger partial charge in [-0.1, -0.05) is 17.7 Å². The molecule has 5 rings (SSSR count). The lowest BCUT2D eigenvalue weighted by molar-refractivity contribution is -0.116. The Bertz CT molecular complexity index is 1120. The summed E-state index contributed by atoms with van der Waals surface area (Å²) in [7, 11) is 4.19. The minimum atomic E-state index is -1.13. The summed E-state index contributed by atoms with van der Waals surface area (Å²) in [6.45, 7) is 2.36. The van der Waals surface area contributed by atoms with Crippen molar-refractivity contribution in [1.29, 1.82) is 0 Å². The Hall–Kier alpha value is -1.90. The molecular formula is C20H22B2ClN3O4. The first-order valence-corrected chi connectivity index (χ1v) is 10.4. The number of aliphatic hydroxyl groups is 2. The van der Waals surface area contributed by atoms with Crippen molar-refractivity contribution >= 4 is 38.3 Å². The zero-order chi connectivity index (χ0) is 21.2. The SMILES string of the molecule is BC1(B)CO[C@@H]([C@H]2O[C@@H](n3ccc4c(C)ncnc43)[C@H](O)[C@@H]2O)c2ccc(Cl)cc21. The van der Waals surface area contributed by atoms with Gasteiger partial charge in [0.15, 0.2) is 6.23 Å². The van der Waals surface area contributed by atoms with Gasteiger partial charge < -0.3 is 24.3 Å². The van der Waals surface area contributed by atoms with Crippen molar-refractivity contribution in [3.8, 4) is 0 Å². The Kier molecular flexibility index (Phi) is 4.72. The van der Waals surface area contributed by atoms with Crippen molar-refractivity contribution < 1.29 is 19.7 Å². The van der Waals surface area contributed by atoms with E-state index < -0.39 is 30.6 Å². The number of aryl methyl sites for hydroxylation is 1. The molecule has 1 fully saturated rings. The summed E-state index contributed by atoms with van der Waals surface area (Å²) in [5, 5.41) is 23.0. The number of benzene rings is 1. The molecule has 0 bridgehead atoms. The molecule has 0 amide bonds. The maximum absolute atomic E-state index is 10.9. The quantitative estimate of drug-likeness (QED) is 0.571. The Morgan fingerprint density at radius 1 is 1.20 bits per heavy atom. The van der Waals surface area contributed by atoms with E-state index in [0.717, 1.165) is 22.2 Å². The standard InChI is InChI=1S/C20H22B2ClN3O4/c1-9-11-4-5-26(18(11)25-8-24-9)19-15(28)14(27)17(30-19)16-12-3-2-10(23)6-13(12)20(21,22)7-29-16/h2-6,8,14-17,19,27-28H,7,21-22H2,1H3/t14-,15+,16+,17-,19+/m0/s1. The molecule has 1 aromatic carbocycles. The van der Waals surface area contributed by atoms with E-state index in [2.05, 4.69) is 25.7 Å². The van der Waals surface area contributed by atoms with E-state index in [4.69, 9.17) is 21.1 Å². The number of fused-ring (bicyclic) bond motifs is 2. The van der Waals surface area contributed by atoms with Gasteiger partial charge in [-0.3, -0.25) is 0 Å². The molecule has 3 aromatic rings. The monoisotopic (exact) mass is 425 g/mol. The highest BCUT2D eigenvalue weighted by atomic mass is 35.5. The van der Waals surface area contributed by atoms with E-state index in [-0.39, 0.29) is 5.21 Å². The Morgan fingerprint density at radius 2 is 2.00 bits per heavy atom. The van der Waals surface area contributed by atoms with Crippen LogP contribution < -0.4 is 0 Å². The average Bonchev–Trinajstić information content (AvgIpc) is 3.26. The third-order valence-corrected chi connectivity index (χ3v) is 6.47. The molecular weight excluding hydrogens is 403 g/mol. The molecule has 4 heterocycles. The van der Waals surface area contributed by atoms with Crippen molar-refractivity contribution in [3.05, 3.63) is 58.6 Å². The van der Waals surface area contributed by atoms with Gasteiger partial charge in [0.2, 0.25) is 0 Å². The number of aliphatic hydroxyl groups excluding tert-OH is 2. The predicted octanol–water partition coefficient (Wildman–Crippen LogP) is 0.203. The van der Waals surface area contributed by atoms with Crippen LogP contribution in [0.1, 0.15) is 29.2 Å². The summed E-state index contributed by atoms with van der Waals surface area (Å²) in [4.78, 5) is 8.55. The lowest BCUT2D eigenvalue weighted by Gasteiger charge is -2.40. The zero-order valence-corrected chi connectivity index (χ0v) is 17.7. The summed E-state index contributed by atoms with van der Waals surface area (Å²) in [6.07, 6.45) is -1.00. The fraction of sp³-hybridized carbons (Fsp3) is 0.400. The van der Waals surface area contributed by atoms with Crippen LogP contribution >= 0.6 is 11.6 Å². The number of ether oxygens (including phenoxy) is 2. The van der Waals surface area contributed by atoms with Crippen molar-refractivity contribution in [2.75, 3.05) is 6.61 Å². The first-order chi connectivity index (χ1) is 14.3. The largest absolute Gasteiger partial charge is 0.387 e. The second kappa shape index (κ2) is 7.07. The lowest BCUT2D eigenvalue weighted by atomic mass is 9.49. The van der Waals surface area contributed by atoms with E-state index in [1.165, 1.54) is 6.33 Å². The van der Waals surface area contributed by atoms with E-state index in [9.17, 15) is 10.2 Å². The third kappa shape index (κ3) is 2.99. The van der Waals surface area contributed by atoms with Crippen molar-refractivity contribution in [2.24, 2.45) is 0 Å². The van der Waals surface area contributed by atoms with Crippen molar-refractivity contribution in [2.45, 2.75) is 42.8 Å². The molecule has 7 nitrogen and oxygen atoms in total. The zero-order valence-electron chi connectivity index (χ0n) is 17.0. The number of hydrogen-bond acceptors (Lipinski definition) is 6. The van der Waals surface area contributed by atoms with E-state index in [0.29, 0.717) is 17.3 Å². The van der Waals surface area contributed by atoms with Crippen LogP contribution in [0.15, 0.2) is 36.8 Å². The second-order valence-corrected chi connectivity index (χ2v) is 9.18. The molecule has 0 unspecified atom stereocenters. The lowest BCUT2D eigenvalue weighted by Crippen LogP contribution is -2.44. The van der Waals surface area contributed by atoms with Crippen LogP contribution in [0.2, 0.25) is 5.02 Å². The van der Waals surface area contributed by atoms with Gasteiger partial charge in [-0.15, -0.1) is 0 Å². The minimum Gasteiger partial charge on any atom is -0.387 e. The molecule has 30 heavy (non-hydrogen) atoms. The van der Waals surface area contributed by atoms with Crippen LogP contribution in [0.4, 0.5) is 0 Å². The highest BCUT2D eigenvalue weighted by Crippen LogP contribution is 2.44. The molecule has 0 radical (unpaired) electrons. The summed E-state index contributed by atoms with van der Waals surface area (Å²) in [5.74, 6) is 0. The molecule has 2 N–H and O–H groups in total. The molecule has 0 saturated carbocycles. The molecule has 10 heteroatoms. The summed E-state index contributed by atoms with van der Waals surface area (Å²) in [5.41, 5.74) is 3.47. The summed E-state index contributed by atoms with van der Waals surface area (Å²) >= 11 is 6.25. The molecule has 5 atom stereocenters. The van der Waals surface area contributed by atoms with Crippen LogP contribution in [-0.2, 0) is 14.7 Å². The van der Waals surface area contributed by atoms with Gasteiger partial charge in [-0.25, -0.2) is 9.97 Å². The van der Waals surface area contributed by atoms with Crippen LogP contribution in [0.5, 0.6) is 0 Å². The Balaban J connectivity index is 1.52. The minimum absolute atomic E-state index is 0.219. The van der Waals surface area contributed by atoms with E-state index in [1.807, 2.05) is 31.2 Å². The third-order valence-electron chi connectivity index (χ3n) is 6.23. The topological polar surface area (TPSA) is 89.6 Å². The smallest absolute Gasteiger partial charge is 0.164 e. The Morgan fingerprint density at radius 3 is 2.80 bits per heavy atom. The first-order valence-electron chi connectivity index (χ1n) is 9.99. The van der Waals surface area contributed by atoms with Gasteiger partial charge in [0.05, 0.1) is 5.69 Å². The van der Waals surface area contributed by atoms with Gasteiger partial charge in [0, 0.05) is 23.2 Å². The normalized spacial score (nSPS) is 30.5. The van der Waals surface area contributed by atoms with Crippen LogP contribution in [0.3, 0.4) is 0 Å². The fourth-order valence-corrected chi connectivity index (χ4v) is 4.74. The maximum atomic E-state index is 10.9. The highest BCUT2D eigenvalue weighted by molar-refractivity contribution is 6.40. The molecule has 1 saturated heterocycles. The maximum Gasteiger partial charge on any atom is 0.164 e. The average molecular weight is 425 g/mol. The van der Waals surface area contributed by atoms with Crippen molar-refractivity contribution in [1.82, 2.24) is 14.5 Å². The van der Waals surface area contributed by atoms with E-state index >= 15 is 0 Å². The summed E-state index contributed by atoms with van der Waals surface area (Å²) < 4.78 is 14.1. The summed E-state index contributed by atoms with van der Waals surface area (Å²) in [6, 6.07) is 7.56. The number of hydrogen-bond donors (Lipinski definition) is 2. The van der Waals surface area contributed by atoms with Gasteiger partial charge >= 0.3 is 0 Å². The second-order valence-electron chi connectivity index (χ2n) is 8.74. The fourth-order valence-electron chi connectivity index (χ4n) is 4.57. The highest BCUT2D eigenvalue weighted by Gasteiger charge is 2.50. The van der Waals surface area contributed by atoms with Crippen LogP contribution in [0, 0.1) is 6.92 Å². The molecule has 0 spiro atoms. The first kappa shape index (κ1) is 20.0. The van der Waals surface area contributed by atoms with Gasteiger partial charge in [0.25, 0.3) is 0 Å². The molecule has 2 aliphatic rings. The molecule has 0 aliphatic carbocycles. The van der Waals surface area contributed by atoms with Gasteiger partial charge in [-0.05, 0) is 41.5 Å². The van der Waals surface area contributed by atoms with Crippen molar-refractivity contribution in [3.63, 3.8) is 0 Å². The predicted molar refractivity (Wildman–Crippen MR) is 117 cm³/mol.